The van der Waals surface area contributed by atoms with Crippen molar-refractivity contribution in [3.8, 4) is 5.75 Å². The fourth-order valence-corrected chi connectivity index (χ4v) is 3.49. The molecule has 1 atom stereocenters. The van der Waals surface area contributed by atoms with Gasteiger partial charge in [-0.1, -0.05) is 0 Å². The number of benzene rings is 1. The summed E-state index contributed by atoms with van der Waals surface area (Å²) in [4.78, 5) is 25.1. The van der Waals surface area contributed by atoms with Gasteiger partial charge in [-0.15, -0.1) is 0 Å². The molecule has 1 aliphatic carbocycles. The van der Waals surface area contributed by atoms with Crippen molar-refractivity contribution in [2.45, 2.75) is 32.1 Å². The Labute approximate surface area is 135 Å². The van der Waals surface area contributed by atoms with Gasteiger partial charge < -0.3 is 21.1 Å². The van der Waals surface area contributed by atoms with E-state index in [1.165, 1.54) is 5.56 Å². The van der Waals surface area contributed by atoms with Crippen molar-refractivity contribution in [3.63, 3.8) is 0 Å². The van der Waals surface area contributed by atoms with Gasteiger partial charge in [-0.2, -0.15) is 0 Å². The lowest BCUT2D eigenvalue weighted by Crippen LogP contribution is -2.35. The van der Waals surface area contributed by atoms with Crippen molar-refractivity contribution in [1.82, 2.24) is 10.2 Å². The van der Waals surface area contributed by atoms with Crippen molar-refractivity contribution in [2.24, 2.45) is 11.7 Å². The molecule has 0 bridgehead atoms. The Morgan fingerprint density at radius 1 is 1.26 bits per heavy atom. The molecule has 0 saturated carbocycles. The monoisotopic (exact) mass is 317 g/mol. The maximum Gasteiger partial charge on any atom is 0.314 e. The zero-order valence-electron chi connectivity index (χ0n) is 13.2. The van der Waals surface area contributed by atoms with Gasteiger partial charge in [-0.3, -0.25) is 4.79 Å². The first-order valence-electron chi connectivity index (χ1n) is 8.22. The summed E-state index contributed by atoms with van der Waals surface area (Å²) < 4.78 is 0. The Morgan fingerprint density at radius 3 is 2.61 bits per heavy atom. The molecule has 6 nitrogen and oxygen atoms in total. The molecule has 0 aromatic heterocycles. The van der Waals surface area contributed by atoms with Crippen LogP contribution in [0.25, 0.3) is 0 Å². The van der Waals surface area contributed by atoms with Crippen LogP contribution >= 0.6 is 0 Å². The smallest absolute Gasteiger partial charge is 0.314 e. The maximum atomic E-state index is 12.3. The van der Waals surface area contributed by atoms with Crippen LogP contribution in [0.3, 0.4) is 0 Å². The molecule has 6 heteroatoms. The van der Waals surface area contributed by atoms with Crippen LogP contribution in [0, 0.1) is 5.92 Å². The number of phenols is 1. The molecule has 2 aliphatic rings. The number of amides is 3. The highest BCUT2D eigenvalue weighted by Gasteiger charge is 2.25. The molecule has 1 aromatic rings. The van der Waals surface area contributed by atoms with E-state index in [2.05, 4.69) is 5.32 Å². The number of carbonyl (C=O) groups is 2. The molecule has 23 heavy (non-hydrogen) atoms. The Morgan fingerprint density at radius 2 is 1.96 bits per heavy atom. The number of urea groups is 1. The SMILES string of the molecule is NC(=O)N1CC[C@@H](CNC(=O)c2cc3c(cc2O)CCCC3)C1. The van der Waals surface area contributed by atoms with Crippen LogP contribution in [0.2, 0.25) is 0 Å². The van der Waals surface area contributed by atoms with Crippen LogP contribution < -0.4 is 11.1 Å². The molecular weight excluding hydrogens is 294 g/mol. The van der Waals surface area contributed by atoms with E-state index in [0.29, 0.717) is 25.2 Å². The lowest BCUT2D eigenvalue weighted by atomic mass is 9.90. The van der Waals surface area contributed by atoms with Gasteiger partial charge in [-0.25, -0.2) is 4.79 Å². The van der Waals surface area contributed by atoms with Gasteiger partial charge in [0.25, 0.3) is 5.91 Å². The Hall–Kier alpha value is -2.24. The van der Waals surface area contributed by atoms with Gasteiger partial charge in [-0.05, 0) is 61.3 Å². The average Bonchev–Trinajstić information content (AvgIpc) is 3.01. The minimum atomic E-state index is -0.411. The van der Waals surface area contributed by atoms with Gasteiger partial charge in [0.1, 0.15) is 5.75 Å². The molecule has 1 saturated heterocycles. The molecule has 4 N–H and O–H groups in total. The first-order chi connectivity index (χ1) is 11.0. The minimum absolute atomic E-state index is 0.0494. The van der Waals surface area contributed by atoms with Crippen molar-refractivity contribution in [3.05, 3.63) is 28.8 Å². The highest BCUT2D eigenvalue weighted by molar-refractivity contribution is 5.97. The summed E-state index contributed by atoms with van der Waals surface area (Å²) in [5.41, 5.74) is 7.92. The summed E-state index contributed by atoms with van der Waals surface area (Å²) in [6.07, 6.45) is 5.03. The van der Waals surface area contributed by atoms with Gasteiger partial charge in [0.05, 0.1) is 5.56 Å². The number of aromatic hydroxyl groups is 1. The number of primary amides is 1. The summed E-state index contributed by atoms with van der Waals surface area (Å²) in [5, 5.41) is 13.0. The first kappa shape index (κ1) is 15.6. The van der Waals surface area contributed by atoms with Crippen LogP contribution in [0.5, 0.6) is 5.75 Å². The lowest BCUT2D eigenvalue weighted by Gasteiger charge is -2.18. The molecule has 124 valence electrons. The normalized spacial score (nSPS) is 20.2. The third-order valence-corrected chi connectivity index (χ3v) is 4.85. The van der Waals surface area contributed by atoms with Crippen molar-refractivity contribution in [2.75, 3.05) is 19.6 Å². The summed E-state index contributed by atoms with van der Waals surface area (Å²) >= 11 is 0. The number of nitrogens with one attached hydrogen (secondary N) is 1. The number of carbonyl (C=O) groups excluding carboxylic acids is 2. The van der Waals surface area contributed by atoms with Gasteiger partial charge >= 0.3 is 6.03 Å². The summed E-state index contributed by atoms with van der Waals surface area (Å²) in [6.45, 7) is 1.70. The average molecular weight is 317 g/mol. The predicted octanol–water partition coefficient (Wildman–Crippen LogP) is 1.40. The third-order valence-electron chi connectivity index (χ3n) is 4.85. The number of fused-ring (bicyclic) bond motifs is 1. The van der Waals surface area contributed by atoms with E-state index in [0.717, 1.165) is 37.7 Å². The van der Waals surface area contributed by atoms with Crippen LogP contribution in [-0.2, 0) is 12.8 Å². The second-order valence-electron chi connectivity index (χ2n) is 6.49. The summed E-state index contributed by atoms with van der Waals surface area (Å²) in [5.74, 6) is 0.00736. The number of nitrogens with zero attached hydrogens (tertiary/aromatic N) is 1. The van der Waals surface area contributed by atoms with E-state index in [1.807, 2.05) is 6.07 Å². The predicted molar refractivity (Wildman–Crippen MR) is 86.3 cm³/mol. The number of hydrogen-bond donors (Lipinski definition) is 3. The minimum Gasteiger partial charge on any atom is -0.507 e. The van der Waals surface area contributed by atoms with Crippen LogP contribution in [-0.4, -0.2) is 41.6 Å². The number of rotatable bonds is 3. The van der Waals surface area contributed by atoms with Crippen molar-refractivity contribution >= 4 is 11.9 Å². The fourth-order valence-electron chi connectivity index (χ4n) is 3.49. The quantitative estimate of drug-likeness (QED) is 0.786. The van der Waals surface area contributed by atoms with Gasteiger partial charge in [0.15, 0.2) is 0 Å². The zero-order chi connectivity index (χ0) is 16.4. The maximum absolute atomic E-state index is 12.3. The fraction of sp³-hybridized carbons (Fsp3) is 0.529. The number of likely N-dealkylation sites (tertiary alicyclic amines) is 1. The largest absolute Gasteiger partial charge is 0.507 e. The second-order valence-corrected chi connectivity index (χ2v) is 6.49. The topological polar surface area (TPSA) is 95.7 Å². The number of hydrogen-bond acceptors (Lipinski definition) is 3. The van der Waals surface area contributed by atoms with Gasteiger partial charge in [0.2, 0.25) is 0 Å². The van der Waals surface area contributed by atoms with Gasteiger partial charge in [0, 0.05) is 19.6 Å². The van der Waals surface area contributed by atoms with E-state index in [9.17, 15) is 14.7 Å². The van der Waals surface area contributed by atoms with Crippen molar-refractivity contribution in [1.29, 1.82) is 0 Å². The highest BCUT2D eigenvalue weighted by atomic mass is 16.3. The first-order valence-corrected chi connectivity index (χ1v) is 8.22. The molecule has 3 rings (SSSR count). The summed E-state index contributed by atoms with van der Waals surface area (Å²) in [7, 11) is 0. The van der Waals surface area contributed by atoms with Crippen molar-refractivity contribution < 1.29 is 14.7 Å². The summed E-state index contributed by atoms with van der Waals surface area (Å²) in [6, 6.07) is 3.14. The number of nitrogens with two attached hydrogens (primary N) is 1. The number of phenolic OH excluding ortho intramolecular Hbond substituents is 1. The van der Waals surface area contributed by atoms with E-state index < -0.39 is 6.03 Å². The molecule has 0 unspecified atom stereocenters. The van der Waals surface area contributed by atoms with Crippen LogP contribution in [0.15, 0.2) is 12.1 Å². The molecule has 1 fully saturated rings. The van der Waals surface area contributed by atoms with E-state index in [4.69, 9.17) is 5.73 Å². The van der Waals surface area contributed by atoms with Crippen LogP contribution in [0.4, 0.5) is 4.79 Å². The highest BCUT2D eigenvalue weighted by Crippen LogP contribution is 2.28. The lowest BCUT2D eigenvalue weighted by molar-refractivity contribution is 0.0945. The number of aryl methyl sites for hydroxylation is 2. The van der Waals surface area contributed by atoms with E-state index in [-0.39, 0.29) is 17.6 Å². The molecule has 1 aromatic carbocycles. The molecule has 0 radical (unpaired) electrons. The third kappa shape index (κ3) is 3.41. The molecule has 3 amide bonds. The van der Waals surface area contributed by atoms with E-state index >= 15 is 0 Å². The standard InChI is InChI=1S/C17H23N3O3/c18-17(23)20-6-5-11(10-20)9-19-16(22)14-7-12-3-1-2-4-13(12)8-15(14)21/h7-8,11,21H,1-6,9-10H2,(H2,18,23)(H,19,22)/t11-/m0/s1. The Balaban J connectivity index is 1.61. The van der Waals surface area contributed by atoms with Crippen LogP contribution in [0.1, 0.15) is 40.7 Å². The molecular formula is C17H23N3O3. The zero-order valence-corrected chi connectivity index (χ0v) is 13.2. The Kier molecular flexibility index (Phi) is 4.41. The molecule has 1 aliphatic heterocycles. The van der Waals surface area contributed by atoms with E-state index in [1.54, 1.807) is 11.0 Å². The Bertz CT molecular complexity index is 630. The second kappa shape index (κ2) is 6.48. The molecule has 1 heterocycles. The molecule has 0 spiro atoms.